The first kappa shape index (κ1) is 16.3. The van der Waals surface area contributed by atoms with Gasteiger partial charge < -0.3 is 19.6 Å². The third-order valence-electron chi connectivity index (χ3n) is 6.12. The Kier molecular flexibility index (Phi) is 3.45. The van der Waals surface area contributed by atoms with Crippen LogP contribution >= 0.6 is 0 Å². The summed E-state index contributed by atoms with van der Waals surface area (Å²) in [4.78, 5) is 9.81. The molecule has 2 fully saturated rings. The number of fused-ring (bicyclic) bond motifs is 3. The van der Waals surface area contributed by atoms with Crippen molar-refractivity contribution in [3.63, 3.8) is 0 Å². The Hall–Kier alpha value is -2.65. The number of aliphatic hydroxyl groups is 1. The van der Waals surface area contributed by atoms with Crippen molar-refractivity contribution in [2.24, 2.45) is 0 Å². The zero-order valence-corrected chi connectivity index (χ0v) is 15.7. The van der Waals surface area contributed by atoms with Crippen molar-refractivity contribution in [2.45, 2.75) is 38.0 Å². The summed E-state index contributed by atoms with van der Waals surface area (Å²) in [5.74, 6) is 1.74. The number of H-pyrrole nitrogens is 1. The minimum Gasteiger partial charge on any atom is -0.391 e. The topological polar surface area (TPSA) is 95.3 Å². The second-order valence-corrected chi connectivity index (χ2v) is 7.92. The molecule has 0 aromatic carbocycles. The first-order valence-electron chi connectivity index (χ1n) is 9.92. The lowest BCUT2D eigenvalue weighted by molar-refractivity contribution is 0.0985. The number of anilines is 2. The number of hydrogen-bond acceptors (Lipinski definition) is 7. The van der Waals surface area contributed by atoms with Crippen LogP contribution in [0, 0.1) is 0 Å². The number of pyridine rings is 1. The molecule has 3 aromatic rings. The Labute approximate surface area is 161 Å². The molecule has 9 heteroatoms. The molecule has 3 atom stereocenters. The van der Waals surface area contributed by atoms with Crippen molar-refractivity contribution in [2.75, 3.05) is 36.1 Å². The van der Waals surface area contributed by atoms with Crippen LogP contribution in [0.15, 0.2) is 18.5 Å². The molecule has 0 radical (unpaired) electrons. The van der Waals surface area contributed by atoms with Gasteiger partial charge in [-0.25, -0.2) is 4.98 Å². The molecular formula is C19H23N7O2. The Balaban J connectivity index is 1.58. The maximum atomic E-state index is 10.1. The van der Waals surface area contributed by atoms with Crippen LogP contribution in [0.25, 0.3) is 16.9 Å². The minimum absolute atomic E-state index is 0.204. The summed E-state index contributed by atoms with van der Waals surface area (Å²) >= 11 is 0. The molecule has 2 unspecified atom stereocenters. The van der Waals surface area contributed by atoms with Crippen LogP contribution in [0.5, 0.6) is 0 Å². The number of aromatic amines is 1. The summed E-state index contributed by atoms with van der Waals surface area (Å²) < 4.78 is 7.44. The summed E-state index contributed by atoms with van der Waals surface area (Å²) in [6.45, 7) is 5.34. The number of ether oxygens (including phenoxy) is 1. The van der Waals surface area contributed by atoms with E-state index in [0.717, 1.165) is 48.6 Å². The highest BCUT2D eigenvalue weighted by Crippen LogP contribution is 2.45. The van der Waals surface area contributed by atoms with Crippen LogP contribution < -0.4 is 9.80 Å². The third-order valence-corrected chi connectivity index (χ3v) is 6.12. The van der Waals surface area contributed by atoms with Gasteiger partial charge in [0.15, 0.2) is 11.5 Å². The van der Waals surface area contributed by atoms with Crippen LogP contribution in [0.4, 0.5) is 11.5 Å². The van der Waals surface area contributed by atoms with E-state index in [1.807, 2.05) is 12.3 Å². The highest BCUT2D eigenvalue weighted by molar-refractivity contribution is 5.96. The molecule has 3 aromatic heterocycles. The average Bonchev–Trinajstić information content (AvgIpc) is 3.16. The highest BCUT2D eigenvalue weighted by atomic mass is 16.5. The van der Waals surface area contributed by atoms with Crippen LogP contribution in [0.3, 0.4) is 0 Å². The summed E-state index contributed by atoms with van der Waals surface area (Å²) in [5, 5.41) is 22.8. The molecule has 9 nitrogen and oxygen atoms in total. The first-order valence-corrected chi connectivity index (χ1v) is 9.92. The summed E-state index contributed by atoms with van der Waals surface area (Å²) in [5.41, 5.74) is 3.26. The van der Waals surface area contributed by atoms with Gasteiger partial charge in [-0.05, 0) is 19.8 Å². The maximum Gasteiger partial charge on any atom is 0.177 e. The van der Waals surface area contributed by atoms with Crippen LogP contribution in [-0.4, -0.2) is 74.6 Å². The zero-order valence-electron chi connectivity index (χ0n) is 15.7. The van der Waals surface area contributed by atoms with E-state index in [1.54, 1.807) is 10.9 Å². The molecule has 3 aliphatic rings. The molecule has 0 bridgehead atoms. The Morgan fingerprint density at radius 1 is 1.29 bits per heavy atom. The molecule has 0 amide bonds. The van der Waals surface area contributed by atoms with Gasteiger partial charge in [0.1, 0.15) is 5.82 Å². The van der Waals surface area contributed by atoms with Crippen molar-refractivity contribution in [3.8, 4) is 5.82 Å². The summed E-state index contributed by atoms with van der Waals surface area (Å²) in [6, 6.07) is 2.36. The van der Waals surface area contributed by atoms with Crippen LogP contribution in [-0.2, 0) is 11.2 Å². The molecular weight excluding hydrogens is 358 g/mol. The highest BCUT2D eigenvalue weighted by Gasteiger charge is 2.45. The second kappa shape index (κ2) is 5.92. The molecule has 6 rings (SSSR count). The van der Waals surface area contributed by atoms with Crippen molar-refractivity contribution in [1.82, 2.24) is 25.0 Å². The Morgan fingerprint density at radius 3 is 2.93 bits per heavy atom. The van der Waals surface area contributed by atoms with Gasteiger partial charge in [-0.2, -0.15) is 14.9 Å². The molecule has 5 heterocycles. The minimum atomic E-state index is -0.235. The number of nitrogens with one attached hydrogen (secondary N) is 1. The number of morpholine rings is 1. The lowest BCUT2D eigenvalue weighted by Gasteiger charge is -2.35. The van der Waals surface area contributed by atoms with Crippen molar-refractivity contribution in [1.29, 1.82) is 0 Å². The number of rotatable bonds is 3. The van der Waals surface area contributed by atoms with Gasteiger partial charge in [-0.1, -0.05) is 0 Å². The van der Waals surface area contributed by atoms with E-state index in [-0.39, 0.29) is 18.2 Å². The van der Waals surface area contributed by atoms with Gasteiger partial charge in [0.25, 0.3) is 0 Å². The van der Waals surface area contributed by atoms with E-state index >= 15 is 0 Å². The smallest absolute Gasteiger partial charge is 0.177 e. The van der Waals surface area contributed by atoms with Crippen LogP contribution in [0.1, 0.15) is 18.9 Å². The fourth-order valence-electron chi connectivity index (χ4n) is 4.61. The number of nitrogens with zero attached hydrogens (tertiary/aromatic N) is 6. The van der Waals surface area contributed by atoms with Gasteiger partial charge in [-0.3, -0.25) is 5.10 Å². The van der Waals surface area contributed by atoms with E-state index in [1.165, 1.54) is 11.3 Å². The molecule has 28 heavy (non-hydrogen) atoms. The summed E-state index contributed by atoms with van der Waals surface area (Å²) in [6.07, 6.45) is 5.21. The Bertz CT molecular complexity index is 1030. The van der Waals surface area contributed by atoms with E-state index in [2.05, 4.69) is 32.0 Å². The molecule has 1 saturated carbocycles. The summed E-state index contributed by atoms with van der Waals surface area (Å²) in [7, 11) is 0. The maximum absolute atomic E-state index is 10.1. The van der Waals surface area contributed by atoms with Gasteiger partial charge in [0, 0.05) is 30.9 Å². The van der Waals surface area contributed by atoms with Crippen molar-refractivity contribution < 1.29 is 9.84 Å². The van der Waals surface area contributed by atoms with E-state index in [4.69, 9.17) is 9.72 Å². The van der Waals surface area contributed by atoms with E-state index < -0.39 is 0 Å². The number of hydrogen-bond donors (Lipinski definition) is 2. The molecule has 2 N–H and O–H groups in total. The fraction of sp³-hybridized carbons (Fsp3) is 0.526. The van der Waals surface area contributed by atoms with Gasteiger partial charge in [-0.15, -0.1) is 0 Å². The zero-order chi connectivity index (χ0) is 18.8. The third kappa shape index (κ3) is 2.29. The van der Waals surface area contributed by atoms with Crippen LogP contribution in [0.2, 0.25) is 0 Å². The predicted octanol–water partition coefficient (Wildman–Crippen LogP) is 0.864. The van der Waals surface area contributed by atoms with Gasteiger partial charge in [0.05, 0.1) is 48.7 Å². The monoisotopic (exact) mass is 381 g/mol. The molecule has 2 aliphatic heterocycles. The second-order valence-electron chi connectivity index (χ2n) is 7.92. The lowest BCUT2D eigenvalue weighted by Crippen LogP contribution is -2.44. The standard InChI is InChI=1S/C19H23N7O2/c1-11-10-28-7-6-24(11)18-12-3-5-25(14-8-15(14)27)17(12)13-9-21-26(19(13)22-18)16-2-4-20-23-16/h2,4,9,11,14-15,27H,3,5-8,10H2,1H3,(H,20,23)/t11-,14?,15?/m1/s1. The fourth-order valence-corrected chi connectivity index (χ4v) is 4.61. The van der Waals surface area contributed by atoms with Crippen molar-refractivity contribution in [3.05, 3.63) is 24.0 Å². The Morgan fingerprint density at radius 2 is 2.18 bits per heavy atom. The number of aliphatic hydroxyl groups excluding tert-OH is 1. The molecule has 1 saturated heterocycles. The SMILES string of the molecule is C[C@@H]1COCCN1c1nc2c(cnn2-c2cc[nH]n2)c2c1CCN2C1CC1O. The normalized spacial score (nSPS) is 26.9. The quantitative estimate of drug-likeness (QED) is 0.695. The van der Waals surface area contributed by atoms with E-state index in [0.29, 0.717) is 13.2 Å². The molecule has 1 aliphatic carbocycles. The van der Waals surface area contributed by atoms with Crippen molar-refractivity contribution >= 4 is 22.5 Å². The first-order chi connectivity index (χ1) is 13.7. The average molecular weight is 381 g/mol. The lowest BCUT2D eigenvalue weighted by atomic mass is 10.1. The van der Waals surface area contributed by atoms with Gasteiger partial charge in [0.2, 0.25) is 0 Å². The van der Waals surface area contributed by atoms with Gasteiger partial charge >= 0.3 is 0 Å². The molecule has 146 valence electrons. The largest absolute Gasteiger partial charge is 0.391 e. The predicted molar refractivity (Wildman–Crippen MR) is 104 cm³/mol. The number of aromatic nitrogens is 5. The molecule has 0 spiro atoms. The van der Waals surface area contributed by atoms with E-state index in [9.17, 15) is 5.11 Å².